The molecule has 10 heteroatoms. The summed E-state index contributed by atoms with van der Waals surface area (Å²) < 4.78 is 5.70. The van der Waals surface area contributed by atoms with Gasteiger partial charge in [-0.15, -0.1) is 11.3 Å². The van der Waals surface area contributed by atoms with Crippen LogP contribution in [0.1, 0.15) is 29.9 Å². The first-order chi connectivity index (χ1) is 12.3. The summed E-state index contributed by atoms with van der Waals surface area (Å²) in [5.41, 5.74) is 0.631. The first-order valence-electron chi connectivity index (χ1n) is 7.61. The van der Waals surface area contributed by atoms with Crippen LogP contribution in [0.3, 0.4) is 0 Å². The molecule has 1 heterocycles. The van der Waals surface area contributed by atoms with E-state index in [4.69, 9.17) is 4.74 Å². The van der Waals surface area contributed by atoms with Crippen LogP contribution in [0.5, 0.6) is 0 Å². The van der Waals surface area contributed by atoms with Crippen molar-refractivity contribution in [2.75, 3.05) is 6.61 Å². The van der Waals surface area contributed by atoms with Crippen molar-refractivity contribution < 1.29 is 19.2 Å². The minimum atomic E-state index is -0.802. The molecule has 138 valence electrons. The second kappa shape index (κ2) is 8.77. The molecule has 0 bridgehead atoms. The lowest BCUT2D eigenvalue weighted by Gasteiger charge is -2.10. The lowest BCUT2D eigenvalue weighted by atomic mass is 10.2. The van der Waals surface area contributed by atoms with Crippen LogP contribution in [0.15, 0.2) is 32.8 Å². The van der Waals surface area contributed by atoms with E-state index in [2.05, 4.69) is 10.3 Å². The van der Waals surface area contributed by atoms with E-state index in [-0.39, 0.29) is 17.3 Å². The molecule has 1 aromatic carbocycles. The molecule has 1 aromatic heterocycles. The number of benzene rings is 1. The molecule has 0 saturated carbocycles. The Balaban J connectivity index is 2.22. The van der Waals surface area contributed by atoms with Gasteiger partial charge >= 0.3 is 5.97 Å². The standard InChI is InChI=1S/C16H17N3O5S2/c1-9(2)17-14(20)7-24-15(21)12-6-11(19(22)23)4-5-13(12)26-16-18-10(3)8-25-16/h4-6,8-9H,7H2,1-3H3,(H,17,20). The fraction of sp³-hybridized carbons (Fsp3) is 0.312. The second-order valence-electron chi connectivity index (χ2n) is 5.59. The van der Waals surface area contributed by atoms with Gasteiger partial charge in [-0.3, -0.25) is 14.9 Å². The van der Waals surface area contributed by atoms with Crippen molar-refractivity contribution in [3.63, 3.8) is 0 Å². The Bertz CT molecular complexity index is 835. The van der Waals surface area contributed by atoms with Gasteiger partial charge in [0, 0.05) is 34.1 Å². The number of hydrogen-bond donors (Lipinski definition) is 1. The van der Waals surface area contributed by atoms with Crippen LogP contribution in [0.25, 0.3) is 0 Å². The molecule has 0 aliphatic carbocycles. The van der Waals surface area contributed by atoms with Gasteiger partial charge in [-0.1, -0.05) is 11.8 Å². The van der Waals surface area contributed by atoms with Gasteiger partial charge < -0.3 is 10.1 Å². The third kappa shape index (κ3) is 5.53. The summed E-state index contributed by atoms with van der Waals surface area (Å²) in [6, 6.07) is 3.85. The molecule has 0 unspecified atom stereocenters. The third-order valence-corrected chi connectivity index (χ3v) is 5.11. The SMILES string of the molecule is Cc1csc(Sc2ccc([N+](=O)[O-])cc2C(=O)OCC(=O)NC(C)C)n1. The number of ether oxygens (including phenoxy) is 1. The quantitative estimate of drug-likeness (QED) is 0.435. The number of non-ortho nitro benzene ring substituents is 1. The zero-order chi connectivity index (χ0) is 19.3. The molecule has 0 aliphatic rings. The van der Waals surface area contributed by atoms with Crippen molar-refractivity contribution in [1.29, 1.82) is 0 Å². The number of rotatable bonds is 7. The van der Waals surface area contributed by atoms with Gasteiger partial charge in [-0.05, 0) is 26.8 Å². The van der Waals surface area contributed by atoms with Crippen molar-refractivity contribution in [2.45, 2.75) is 36.0 Å². The van der Waals surface area contributed by atoms with Crippen molar-refractivity contribution in [1.82, 2.24) is 10.3 Å². The van der Waals surface area contributed by atoms with Crippen molar-refractivity contribution in [3.8, 4) is 0 Å². The van der Waals surface area contributed by atoms with Gasteiger partial charge in [0.25, 0.3) is 11.6 Å². The Morgan fingerprint density at radius 1 is 1.42 bits per heavy atom. The highest BCUT2D eigenvalue weighted by molar-refractivity contribution is 8.01. The van der Waals surface area contributed by atoms with E-state index >= 15 is 0 Å². The van der Waals surface area contributed by atoms with E-state index in [1.54, 1.807) is 13.8 Å². The fourth-order valence-corrected chi connectivity index (χ4v) is 3.82. The number of nitrogens with zero attached hydrogens (tertiary/aromatic N) is 2. The maximum absolute atomic E-state index is 12.4. The molecule has 8 nitrogen and oxygen atoms in total. The number of nitrogens with one attached hydrogen (secondary N) is 1. The van der Waals surface area contributed by atoms with E-state index < -0.39 is 23.4 Å². The Hall–Kier alpha value is -2.46. The molecular formula is C16H17N3O5S2. The van der Waals surface area contributed by atoms with Gasteiger partial charge in [-0.2, -0.15) is 0 Å². The number of aryl methyl sites for hydroxylation is 1. The lowest BCUT2D eigenvalue weighted by molar-refractivity contribution is -0.384. The molecule has 2 rings (SSSR count). The highest BCUT2D eigenvalue weighted by Crippen LogP contribution is 2.34. The minimum Gasteiger partial charge on any atom is -0.452 e. The average molecular weight is 395 g/mol. The summed E-state index contributed by atoms with van der Waals surface area (Å²) in [6.45, 7) is 4.95. The summed E-state index contributed by atoms with van der Waals surface area (Å²) in [5, 5.41) is 15.5. The normalized spacial score (nSPS) is 10.6. The number of thiazole rings is 1. The molecule has 0 fully saturated rings. The Labute approximate surface area is 158 Å². The minimum absolute atomic E-state index is 0.0226. The van der Waals surface area contributed by atoms with E-state index in [1.165, 1.54) is 35.2 Å². The van der Waals surface area contributed by atoms with E-state index in [1.807, 2.05) is 12.3 Å². The molecule has 0 spiro atoms. The van der Waals surface area contributed by atoms with E-state index in [9.17, 15) is 19.7 Å². The highest BCUT2D eigenvalue weighted by Gasteiger charge is 2.20. The number of nitro benzene ring substituents is 1. The van der Waals surface area contributed by atoms with Crippen molar-refractivity contribution in [2.24, 2.45) is 0 Å². The summed E-state index contributed by atoms with van der Waals surface area (Å²) in [4.78, 5) is 39.2. The molecule has 26 heavy (non-hydrogen) atoms. The summed E-state index contributed by atoms with van der Waals surface area (Å²) in [7, 11) is 0. The molecule has 0 aliphatic heterocycles. The lowest BCUT2D eigenvalue weighted by Crippen LogP contribution is -2.34. The summed E-state index contributed by atoms with van der Waals surface area (Å²) in [6.07, 6.45) is 0. The summed E-state index contributed by atoms with van der Waals surface area (Å²) in [5.74, 6) is -1.24. The number of hydrogen-bond acceptors (Lipinski definition) is 8. The smallest absolute Gasteiger partial charge is 0.340 e. The number of carbonyl (C=O) groups excluding carboxylic acids is 2. The van der Waals surface area contributed by atoms with Gasteiger partial charge in [-0.25, -0.2) is 9.78 Å². The van der Waals surface area contributed by atoms with Crippen LogP contribution >= 0.6 is 23.1 Å². The predicted molar refractivity (Wildman–Crippen MR) is 97.6 cm³/mol. The fourth-order valence-electron chi connectivity index (χ4n) is 1.93. The van der Waals surface area contributed by atoms with Gasteiger partial charge in [0.2, 0.25) is 0 Å². The zero-order valence-electron chi connectivity index (χ0n) is 14.3. The molecule has 0 atom stereocenters. The topological polar surface area (TPSA) is 111 Å². The predicted octanol–water partition coefficient (Wildman–Crippen LogP) is 3.19. The van der Waals surface area contributed by atoms with Crippen LogP contribution in [0, 0.1) is 17.0 Å². The summed E-state index contributed by atoms with van der Waals surface area (Å²) >= 11 is 2.61. The van der Waals surface area contributed by atoms with Crippen molar-refractivity contribution in [3.05, 3.63) is 45.0 Å². The van der Waals surface area contributed by atoms with Gasteiger partial charge in [0.15, 0.2) is 10.9 Å². The van der Waals surface area contributed by atoms with Crippen LogP contribution in [-0.4, -0.2) is 34.4 Å². The molecular weight excluding hydrogens is 378 g/mol. The number of carbonyl (C=O) groups is 2. The van der Waals surface area contributed by atoms with E-state index in [0.29, 0.717) is 9.24 Å². The molecule has 1 N–H and O–H groups in total. The maximum Gasteiger partial charge on any atom is 0.340 e. The molecule has 1 amide bonds. The number of nitro groups is 1. The van der Waals surface area contributed by atoms with E-state index in [0.717, 1.165) is 11.8 Å². The van der Waals surface area contributed by atoms with Crippen molar-refractivity contribution >= 4 is 40.7 Å². The third-order valence-electron chi connectivity index (χ3n) is 2.97. The average Bonchev–Trinajstić information content (AvgIpc) is 2.97. The Kier molecular flexibility index (Phi) is 6.70. The number of amides is 1. The Morgan fingerprint density at radius 3 is 2.73 bits per heavy atom. The zero-order valence-corrected chi connectivity index (χ0v) is 16.0. The van der Waals surface area contributed by atoms with Crippen LogP contribution in [-0.2, 0) is 9.53 Å². The highest BCUT2D eigenvalue weighted by atomic mass is 32.2. The largest absolute Gasteiger partial charge is 0.452 e. The number of esters is 1. The Morgan fingerprint density at radius 2 is 2.15 bits per heavy atom. The molecule has 2 aromatic rings. The molecule has 0 radical (unpaired) electrons. The first-order valence-corrected chi connectivity index (χ1v) is 9.30. The maximum atomic E-state index is 12.4. The monoisotopic (exact) mass is 395 g/mol. The van der Waals surface area contributed by atoms with Gasteiger partial charge in [0.1, 0.15) is 0 Å². The first kappa shape index (κ1) is 19.9. The van der Waals surface area contributed by atoms with Gasteiger partial charge in [0.05, 0.1) is 10.5 Å². The molecule has 0 saturated heterocycles. The number of aromatic nitrogens is 1. The second-order valence-corrected chi connectivity index (χ2v) is 7.74. The van der Waals surface area contributed by atoms with Crippen LogP contribution in [0.2, 0.25) is 0 Å². The van der Waals surface area contributed by atoms with Crippen LogP contribution in [0.4, 0.5) is 5.69 Å². The van der Waals surface area contributed by atoms with Crippen LogP contribution < -0.4 is 5.32 Å².